The average molecular weight is 226 g/mol. The van der Waals surface area contributed by atoms with Gasteiger partial charge in [0.15, 0.2) is 0 Å². The molecule has 1 rings (SSSR count). The molecular formula is C14H30N2. The Morgan fingerprint density at radius 3 is 2.25 bits per heavy atom. The first-order valence-corrected chi connectivity index (χ1v) is 7.09. The second-order valence-electron chi connectivity index (χ2n) is 5.68. The molecule has 16 heavy (non-hydrogen) atoms. The lowest BCUT2D eigenvalue weighted by atomic mass is 9.84. The van der Waals surface area contributed by atoms with E-state index in [0.717, 1.165) is 6.04 Å². The van der Waals surface area contributed by atoms with Crippen LogP contribution in [0.15, 0.2) is 0 Å². The van der Waals surface area contributed by atoms with Crippen molar-refractivity contribution in [2.24, 2.45) is 5.41 Å². The number of hydrogen-bond donors (Lipinski definition) is 1. The van der Waals surface area contributed by atoms with E-state index in [1.807, 2.05) is 0 Å². The van der Waals surface area contributed by atoms with Crippen molar-refractivity contribution < 1.29 is 0 Å². The van der Waals surface area contributed by atoms with Crippen molar-refractivity contribution in [3.63, 3.8) is 0 Å². The van der Waals surface area contributed by atoms with Gasteiger partial charge in [-0.25, -0.2) is 0 Å². The summed E-state index contributed by atoms with van der Waals surface area (Å²) in [4.78, 5) is 2.56. The molecule has 0 aromatic heterocycles. The molecule has 0 spiro atoms. The summed E-state index contributed by atoms with van der Waals surface area (Å²) in [5.41, 5.74) is 0.462. The fraction of sp³-hybridized carbons (Fsp3) is 1.00. The summed E-state index contributed by atoms with van der Waals surface area (Å²) in [6.07, 6.45) is 5.42. The molecule has 1 N–H and O–H groups in total. The van der Waals surface area contributed by atoms with E-state index in [9.17, 15) is 0 Å². The molecule has 0 bridgehead atoms. The van der Waals surface area contributed by atoms with Crippen molar-refractivity contribution in [3.8, 4) is 0 Å². The van der Waals surface area contributed by atoms with Gasteiger partial charge in [0.1, 0.15) is 0 Å². The van der Waals surface area contributed by atoms with Crippen LogP contribution in [-0.4, -0.2) is 37.1 Å². The minimum atomic E-state index is 0.462. The molecule has 0 saturated heterocycles. The summed E-state index contributed by atoms with van der Waals surface area (Å²) >= 11 is 0. The summed E-state index contributed by atoms with van der Waals surface area (Å²) in [6, 6.07) is 0.841. The minimum absolute atomic E-state index is 0.462. The highest BCUT2D eigenvalue weighted by molar-refractivity contribution is 4.87. The van der Waals surface area contributed by atoms with E-state index in [-0.39, 0.29) is 0 Å². The van der Waals surface area contributed by atoms with Crippen LogP contribution in [0, 0.1) is 5.41 Å². The van der Waals surface area contributed by atoms with Crippen molar-refractivity contribution in [1.29, 1.82) is 0 Å². The Morgan fingerprint density at radius 2 is 1.81 bits per heavy atom. The highest BCUT2D eigenvalue weighted by atomic mass is 15.1. The predicted molar refractivity (Wildman–Crippen MR) is 71.8 cm³/mol. The highest BCUT2D eigenvalue weighted by Crippen LogP contribution is 2.26. The summed E-state index contributed by atoms with van der Waals surface area (Å²) in [5.74, 6) is 0. The van der Waals surface area contributed by atoms with E-state index < -0.39 is 0 Å². The first-order valence-electron chi connectivity index (χ1n) is 7.09. The quantitative estimate of drug-likeness (QED) is 0.650. The lowest BCUT2D eigenvalue weighted by Gasteiger charge is -2.35. The molecule has 1 saturated carbocycles. The van der Waals surface area contributed by atoms with E-state index in [4.69, 9.17) is 0 Å². The molecule has 0 heterocycles. The number of rotatable bonds is 9. The molecule has 1 unspecified atom stereocenters. The minimum Gasteiger partial charge on any atom is -0.313 e. The van der Waals surface area contributed by atoms with Gasteiger partial charge in [0.25, 0.3) is 0 Å². The van der Waals surface area contributed by atoms with Gasteiger partial charge in [-0.05, 0) is 37.8 Å². The molecule has 1 aliphatic rings. The maximum atomic E-state index is 3.71. The molecule has 1 aliphatic carbocycles. The van der Waals surface area contributed by atoms with Crippen molar-refractivity contribution in [1.82, 2.24) is 10.2 Å². The topological polar surface area (TPSA) is 15.3 Å². The van der Waals surface area contributed by atoms with Crippen LogP contribution in [0.1, 0.15) is 53.4 Å². The molecule has 0 aliphatic heterocycles. The molecule has 0 aromatic carbocycles. The Morgan fingerprint density at radius 1 is 1.19 bits per heavy atom. The molecular weight excluding hydrogens is 196 g/mol. The molecule has 2 heteroatoms. The first kappa shape index (κ1) is 14.0. The lowest BCUT2D eigenvalue weighted by molar-refractivity contribution is 0.159. The van der Waals surface area contributed by atoms with Crippen LogP contribution in [0.25, 0.3) is 0 Å². The molecule has 0 radical (unpaired) electrons. The van der Waals surface area contributed by atoms with E-state index >= 15 is 0 Å². The Bertz CT molecular complexity index is 185. The van der Waals surface area contributed by atoms with E-state index in [2.05, 4.69) is 37.9 Å². The zero-order valence-corrected chi connectivity index (χ0v) is 11.7. The monoisotopic (exact) mass is 226 g/mol. The fourth-order valence-electron chi connectivity index (χ4n) is 2.49. The van der Waals surface area contributed by atoms with E-state index in [1.165, 1.54) is 51.9 Å². The summed E-state index contributed by atoms with van der Waals surface area (Å²) in [6.45, 7) is 14.1. The van der Waals surface area contributed by atoms with Crippen LogP contribution >= 0.6 is 0 Å². The van der Waals surface area contributed by atoms with Crippen LogP contribution in [-0.2, 0) is 0 Å². The Balaban J connectivity index is 2.40. The molecule has 2 nitrogen and oxygen atoms in total. The second kappa shape index (κ2) is 6.61. The third-order valence-corrected chi connectivity index (χ3v) is 3.75. The van der Waals surface area contributed by atoms with Gasteiger partial charge < -0.3 is 10.2 Å². The first-order chi connectivity index (χ1) is 7.63. The van der Waals surface area contributed by atoms with Crippen LogP contribution < -0.4 is 5.32 Å². The SMILES string of the molecule is CCCC(C)(CNC1CC1)CN(CC)CC. The Labute approximate surface area is 102 Å². The smallest absolute Gasteiger partial charge is 0.00684 e. The fourth-order valence-corrected chi connectivity index (χ4v) is 2.49. The van der Waals surface area contributed by atoms with Crippen molar-refractivity contribution >= 4 is 0 Å². The Hall–Kier alpha value is -0.0800. The van der Waals surface area contributed by atoms with Gasteiger partial charge in [0.2, 0.25) is 0 Å². The molecule has 0 aromatic rings. The zero-order chi connectivity index (χ0) is 12.0. The zero-order valence-electron chi connectivity index (χ0n) is 11.7. The molecule has 0 amide bonds. The molecule has 96 valence electrons. The predicted octanol–water partition coefficient (Wildman–Crippen LogP) is 2.89. The lowest BCUT2D eigenvalue weighted by Crippen LogP contribution is -2.42. The van der Waals surface area contributed by atoms with E-state index in [1.54, 1.807) is 0 Å². The van der Waals surface area contributed by atoms with Gasteiger partial charge >= 0.3 is 0 Å². The number of nitrogens with one attached hydrogen (secondary N) is 1. The molecule has 1 atom stereocenters. The average Bonchev–Trinajstić information content (AvgIpc) is 3.08. The second-order valence-corrected chi connectivity index (χ2v) is 5.68. The number of nitrogens with zero attached hydrogens (tertiary/aromatic N) is 1. The standard InChI is InChI=1S/C14H30N2/c1-5-10-14(4,11-15-13-8-9-13)12-16(6-2)7-3/h13,15H,5-12H2,1-4H3. The van der Waals surface area contributed by atoms with E-state index in [0.29, 0.717) is 5.41 Å². The third kappa shape index (κ3) is 4.84. The van der Waals surface area contributed by atoms with Crippen LogP contribution in [0.3, 0.4) is 0 Å². The van der Waals surface area contributed by atoms with Crippen molar-refractivity contribution in [2.45, 2.75) is 59.4 Å². The van der Waals surface area contributed by atoms with Crippen LogP contribution in [0.4, 0.5) is 0 Å². The maximum Gasteiger partial charge on any atom is 0.00684 e. The maximum absolute atomic E-state index is 3.71. The summed E-state index contributed by atoms with van der Waals surface area (Å²) in [7, 11) is 0. The van der Waals surface area contributed by atoms with Crippen molar-refractivity contribution in [2.75, 3.05) is 26.2 Å². The van der Waals surface area contributed by atoms with Gasteiger partial charge in [0, 0.05) is 19.1 Å². The van der Waals surface area contributed by atoms with Crippen molar-refractivity contribution in [3.05, 3.63) is 0 Å². The number of hydrogen-bond acceptors (Lipinski definition) is 2. The summed E-state index contributed by atoms with van der Waals surface area (Å²) < 4.78 is 0. The van der Waals surface area contributed by atoms with Gasteiger partial charge in [-0.2, -0.15) is 0 Å². The Kier molecular flexibility index (Phi) is 5.77. The van der Waals surface area contributed by atoms with Gasteiger partial charge in [0.05, 0.1) is 0 Å². The van der Waals surface area contributed by atoms with Gasteiger partial charge in [-0.3, -0.25) is 0 Å². The largest absolute Gasteiger partial charge is 0.313 e. The van der Waals surface area contributed by atoms with Gasteiger partial charge in [-0.1, -0.05) is 34.1 Å². The van der Waals surface area contributed by atoms with Crippen LogP contribution in [0.2, 0.25) is 0 Å². The third-order valence-electron chi connectivity index (χ3n) is 3.75. The molecule has 1 fully saturated rings. The normalized spacial score (nSPS) is 20.1. The van der Waals surface area contributed by atoms with Crippen LogP contribution in [0.5, 0.6) is 0 Å². The van der Waals surface area contributed by atoms with Gasteiger partial charge in [-0.15, -0.1) is 0 Å². The summed E-state index contributed by atoms with van der Waals surface area (Å²) in [5, 5.41) is 3.71. The highest BCUT2D eigenvalue weighted by Gasteiger charge is 2.29.